The number of aromatic nitrogens is 2. The average molecular weight is 410 g/mol. The third-order valence-corrected chi connectivity index (χ3v) is 4.22. The van der Waals surface area contributed by atoms with E-state index in [4.69, 9.17) is 5.73 Å². The molecular formula is C14H10Br2N4O. The molecule has 0 radical (unpaired) electrons. The van der Waals surface area contributed by atoms with Gasteiger partial charge in [0.25, 0.3) is 5.91 Å². The Kier molecular flexibility index (Phi) is 3.69. The minimum atomic E-state index is -0.234. The molecule has 3 N–H and O–H groups in total. The number of hydrogen-bond donors (Lipinski definition) is 2. The molecule has 0 fully saturated rings. The van der Waals surface area contributed by atoms with E-state index in [1.54, 1.807) is 29.0 Å². The predicted molar refractivity (Wildman–Crippen MR) is 89.4 cm³/mol. The second-order valence-corrected chi connectivity index (χ2v) is 6.11. The van der Waals surface area contributed by atoms with E-state index >= 15 is 0 Å². The molecule has 21 heavy (non-hydrogen) atoms. The molecular weight excluding hydrogens is 400 g/mol. The van der Waals surface area contributed by atoms with Gasteiger partial charge in [-0.15, -0.1) is 0 Å². The topological polar surface area (TPSA) is 72.4 Å². The van der Waals surface area contributed by atoms with E-state index < -0.39 is 0 Å². The van der Waals surface area contributed by atoms with Crippen molar-refractivity contribution in [1.29, 1.82) is 0 Å². The van der Waals surface area contributed by atoms with Crippen LogP contribution in [-0.4, -0.2) is 15.5 Å². The molecule has 1 aromatic carbocycles. The lowest BCUT2D eigenvalue weighted by atomic mass is 10.2. The zero-order valence-electron chi connectivity index (χ0n) is 10.7. The first-order valence-electron chi connectivity index (χ1n) is 6.04. The number of carbonyl (C=O) groups is 1. The SMILES string of the molecule is Nc1cc(Br)c(NC(=O)c2cnn3ccccc23)c(Br)c1. The van der Waals surface area contributed by atoms with Crippen LogP contribution in [-0.2, 0) is 0 Å². The zero-order chi connectivity index (χ0) is 15.0. The monoisotopic (exact) mass is 408 g/mol. The fourth-order valence-corrected chi connectivity index (χ4v) is 3.42. The van der Waals surface area contributed by atoms with E-state index in [0.717, 1.165) is 5.52 Å². The van der Waals surface area contributed by atoms with E-state index in [2.05, 4.69) is 42.3 Å². The summed E-state index contributed by atoms with van der Waals surface area (Å²) in [5.41, 5.74) is 8.22. The van der Waals surface area contributed by atoms with Crippen molar-refractivity contribution >= 4 is 54.7 Å². The number of carbonyl (C=O) groups excluding carboxylic acids is 1. The van der Waals surface area contributed by atoms with Crippen LogP contribution in [0, 0.1) is 0 Å². The molecule has 2 heterocycles. The number of anilines is 2. The summed E-state index contributed by atoms with van der Waals surface area (Å²) in [7, 11) is 0. The third kappa shape index (κ3) is 2.66. The molecule has 1 amide bonds. The Morgan fingerprint density at radius 1 is 1.24 bits per heavy atom. The summed E-state index contributed by atoms with van der Waals surface area (Å²) in [5.74, 6) is -0.234. The van der Waals surface area contributed by atoms with Gasteiger partial charge in [0, 0.05) is 20.8 Å². The van der Waals surface area contributed by atoms with Crippen molar-refractivity contribution in [2.45, 2.75) is 0 Å². The maximum absolute atomic E-state index is 12.4. The van der Waals surface area contributed by atoms with Gasteiger partial charge < -0.3 is 11.1 Å². The maximum atomic E-state index is 12.4. The van der Waals surface area contributed by atoms with Gasteiger partial charge in [0.15, 0.2) is 0 Å². The normalized spacial score (nSPS) is 10.8. The van der Waals surface area contributed by atoms with Gasteiger partial charge in [-0.1, -0.05) is 6.07 Å². The molecule has 3 rings (SSSR count). The minimum Gasteiger partial charge on any atom is -0.399 e. The Morgan fingerprint density at radius 2 is 1.95 bits per heavy atom. The summed E-state index contributed by atoms with van der Waals surface area (Å²) in [6.45, 7) is 0. The van der Waals surface area contributed by atoms with Crippen molar-refractivity contribution in [2.75, 3.05) is 11.1 Å². The number of nitrogens with two attached hydrogens (primary N) is 1. The van der Waals surface area contributed by atoms with E-state index in [9.17, 15) is 4.79 Å². The molecule has 0 aliphatic heterocycles. The Balaban J connectivity index is 1.97. The van der Waals surface area contributed by atoms with Crippen molar-refractivity contribution in [2.24, 2.45) is 0 Å². The Bertz CT molecular complexity index is 821. The fraction of sp³-hybridized carbons (Fsp3) is 0. The van der Waals surface area contributed by atoms with Crippen LogP contribution in [0.1, 0.15) is 10.4 Å². The number of nitrogens with one attached hydrogen (secondary N) is 1. The molecule has 0 aliphatic carbocycles. The first-order valence-corrected chi connectivity index (χ1v) is 7.63. The number of hydrogen-bond acceptors (Lipinski definition) is 3. The zero-order valence-corrected chi connectivity index (χ0v) is 13.8. The Labute approximate surface area is 137 Å². The van der Waals surface area contributed by atoms with Crippen LogP contribution >= 0.6 is 31.9 Å². The molecule has 106 valence electrons. The largest absolute Gasteiger partial charge is 0.399 e. The van der Waals surface area contributed by atoms with Crippen LogP contribution in [0.25, 0.3) is 5.52 Å². The van der Waals surface area contributed by atoms with E-state index in [0.29, 0.717) is 25.9 Å². The molecule has 0 unspecified atom stereocenters. The number of amides is 1. The molecule has 2 aromatic heterocycles. The number of halogens is 2. The molecule has 7 heteroatoms. The number of nitrogen functional groups attached to an aromatic ring is 1. The van der Waals surface area contributed by atoms with E-state index in [1.807, 2.05) is 18.2 Å². The summed E-state index contributed by atoms with van der Waals surface area (Å²) in [5, 5.41) is 7.01. The van der Waals surface area contributed by atoms with Crippen LogP contribution in [0.2, 0.25) is 0 Å². The van der Waals surface area contributed by atoms with Crippen LogP contribution in [0.5, 0.6) is 0 Å². The second-order valence-electron chi connectivity index (χ2n) is 4.40. The molecule has 0 bridgehead atoms. The molecule has 5 nitrogen and oxygen atoms in total. The highest BCUT2D eigenvalue weighted by molar-refractivity contribution is 9.11. The molecule has 0 saturated heterocycles. The lowest BCUT2D eigenvalue weighted by molar-refractivity contribution is 0.102. The number of fused-ring (bicyclic) bond motifs is 1. The van der Waals surface area contributed by atoms with E-state index in [-0.39, 0.29) is 5.91 Å². The molecule has 0 aliphatic rings. The molecule has 0 spiro atoms. The van der Waals surface area contributed by atoms with Crippen LogP contribution in [0.15, 0.2) is 51.7 Å². The first kappa shape index (κ1) is 14.1. The highest BCUT2D eigenvalue weighted by atomic mass is 79.9. The van der Waals surface area contributed by atoms with Crippen LogP contribution < -0.4 is 11.1 Å². The van der Waals surface area contributed by atoms with Crippen LogP contribution in [0.3, 0.4) is 0 Å². The number of pyridine rings is 1. The Morgan fingerprint density at radius 3 is 2.67 bits per heavy atom. The molecule has 0 atom stereocenters. The van der Waals surface area contributed by atoms with Crippen molar-refractivity contribution in [3.05, 3.63) is 57.2 Å². The van der Waals surface area contributed by atoms with Gasteiger partial charge >= 0.3 is 0 Å². The summed E-state index contributed by atoms with van der Waals surface area (Å²) in [4.78, 5) is 12.4. The average Bonchev–Trinajstić information content (AvgIpc) is 2.86. The van der Waals surface area contributed by atoms with Crippen molar-refractivity contribution in [1.82, 2.24) is 9.61 Å². The van der Waals surface area contributed by atoms with Gasteiger partial charge in [-0.05, 0) is 56.1 Å². The van der Waals surface area contributed by atoms with Gasteiger partial charge in [-0.25, -0.2) is 4.52 Å². The van der Waals surface area contributed by atoms with Gasteiger partial charge in [-0.3, -0.25) is 4.79 Å². The molecule has 3 aromatic rings. The van der Waals surface area contributed by atoms with Gasteiger partial charge in [0.2, 0.25) is 0 Å². The quantitative estimate of drug-likeness (QED) is 0.634. The first-order chi connectivity index (χ1) is 10.1. The maximum Gasteiger partial charge on any atom is 0.259 e. The number of nitrogens with zero attached hydrogens (tertiary/aromatic N) is 2. The van der Waals surface area contributed by atoms with Gasteiger partial charge in [-0.2, -0.15) is 5.10 Å². The van der Waals surface area contributed by atoms with Crippen molar-refractivity contribution < 1.29 is 4.79 Å². The summed E-state index contributed by atoms with van der Waals surface area (Å²) >= 11 is 6.79. The highest BCUT2D eigenvalue weighted by Crippen LogP contribution is 2.33. The third-order valence-electron chi connectivity index (χ3n) is 2.97. The lowest BCUT2D eigenvalue weighted by Crippen LogP contribution is -2.12. The summed E-state index contributed by atoms with van der Waals surface area (Å²) in [6.07, 6.45) is 3.34. The Hall–Kier alpha value is -1.86. The van der Waals surface area contributed by atoms with Gasteiger partial charge in [0.05, 0.1) is 23.0 Å². The van der Waals surface area contributed by atoms with Crippen molar-refractivity contribution in [3.8, 4) is 0 Å². The second kappa shape index (κ2) is 5.50. The van der Waals surface area contributed by atoms with E-state index in [1.165, 1.54) is 0 Å². The smallest absolute Gasteiger partial charge is 0.259 e. The summed E-state index contributed by atoms with van der Waals surface area (Å²) < 4.78 is 3.07. The lowest BCUT2D eigenvalue weighted by Gasteiger charge is -2.10. The van der Waals surface area contributed by atoms with Crippen molar-refractivity contribution in [3.63, 3.8) is 0 Å². The number of benzene rings is 1. The van der Waals surface area contributed by atoms with Crippen LogP contribution in [0.4, 0.5) is 11.4 Å². The van der Waals surface area contributed by atoms with Gasteiger partial charge in [0.1, 0.15) is 0 Å². The summed E-state index contributed by atoms with van der Waals surface area (Å²) in [6, 6.07) is 9.03. The highest BCUT2D eigenvalue weighted by Gasteiger charge is 2.15. The number of rotatable bonds is 2. The minimum absolute atomic E-state index is 0.234. The molecule has 0 saturated carbocycles. The fourth-order valence-electron chi connectivity index (χ4n) is 2.00. The standard InChI is InChI=1S/C14H10Br2N4O/c15-10-5-8(17)6-11(16)13(10)19-14(21)9-7-18-20-4-2-1-3-12(9)20/h1-7H,17H2,(H,19,21). The predicted octanol–water partition coefficient (Wildman–Crippen LogP) is 3.69.